The molecule has 1 aromatic rings. The average molecular weight is 236 g/mol. The number of hydrogen-bond donors (Lipinski definition) is 2. The molecule has 1 fully saturated rings. The third-order valence-corrected chi connectivity index (χ3v) is 2.83. The van der Waals surface area contributed by atoms with Gasteiger partial charge in [0.15, 0.2) is 0 Å². The van der Waals surface area contributed by atoms with Gasteiger partial charge in [0.1, 0.15) is 5.69 Å². The van der Waals surface area contributed by atoms with Crippen molar-refractivity contribution in [3.63, 3.8) is 0 Å². The molecule has 1 aromatic heterocycles. The molecule has 5 nitrogen and oxygen atoms in total. The second kappa shape index (κ2) is 5.63. The van der Waals surface area contributed by atoms with E-state index in [0.29, 0.717) is 5.92 Å². The molecule has 1 aliphatic heterocycles. The molecule has 2 rings (SSSR count). The van der Waals surface area contributed by atoms with Crippen LogP contribution in [0.3, 0.4) is 0 Å². The fourth-order valence-corrected chi connectivity index (χ4v) is 1.89. The summed E-state index contributed by atoms with van der Waals surface area (Å²) in [5.41, 5.74) is 0.859. The van der Waals surface area contributed by atoms with E-state index in [2.05, 4.69) is 10.3 Å². The van der Waals surface area contributed by atoms with Crippen LogP contribution in [-0.4, -0.2) is 35.8 Å². The molecule has 0 amide bonds. The van der Waals surface area contributed by atoms with Crippen molar-refractivity contribution in [3.8, 4) is 0 Å². The third-order valence-electron chi connectivity index (χ3n) is 2.83. The van der Waals surface area contributed by atoms with E-state index in [4.69, 9.17) is 9.84 Å². The predicted molar refractivity (Wildman–Crippen MR) is 63.2 cm³/mol. The Labute approximate surface area is 99.8 Å². The number of rotatable bonds is 4. The number of ether oxygens (including phenoxy) is 1. The van der Waals surface area contributed by atoms with Gasteiger partial charge in [-0.05, 0) is 30.9 Å². The van der Waals surface area contributed by atoms with E-state index in [1.54, 1.807) is 12.1 Å². The summed E-state index contributed by atoms with van der Waals surface area (Å²) in [6.07, 6.45) is 3.76. The Hall–Kier alpha value is -1.62. The molecular weight excluding hydrogens is 220 g/mol. The van der Waals surface area contributed by atoms with Gasteiger partial charge in [-0.2, -0.15) is 0 Å². The van der Waals surface area contributed by atoms with Gasteiger partial charge in [0, 0.05) is 25.0 Å². The number of carbonyl (C=O) groups is 1. The van der Waals surface area contributed by atoms with E-state index in [1.807, 2.05) is 0 Å². The summed E-state index contributed by atoms with van der Waals surface area (Å²) >= 11 is 0. The smallest absolute Gasteiger partial charge is 0.354 e. The van der Waals surface area contributed by atoms with Crippen LogP contribution in [0.4, 0.5) is 5.69 Å². The monoisotopic (exact) mass is 236 g/mol. The number of anilines is 1. The first kappa shape index (κ1) is 11.9. The summed E-state index contributed by atoms with van der Waals surface area (Å²) < 4.78 is 5.39. The molecule has 1 aliphatic rings. The van der Waals surface area contributed by atoms with Crippen LogP contribution in [0, 0.1) is 5.92 Å². The zero-order chi connectivity index (χ0) is 12.1. The van der Waals surface area contributed by atoms with Crippen molar-refractivity contribution in [2.75, 3.05) is 25.1 Å². The highest BCUT2D eigenvalue weighted by Crippen LogP contribution is 2.15. The van der Waals surface area contributed by atoms with Crippen molar-refractivity contribution in [1.82, 2.24) is 4.98 Å². The fourth-order valence-electron chi connectivity index (χ4n) is 1.89. The summed E-state index contributed by atoms with van der Waals surface area (Å²) in [4.78, 5) is 14.5. The molecule has 0 saturated carbocycles. The Bertz CT molecular complexity index is 389. The molecule has 2 N–H and O–H groups in total. The lowest BCUT2D eigenvalue weighted by Crippen LogP contribution is -2.24. The minimum absolute atomic E-state index is 0.0647. The highest BCUT2D eigenvalue weighted by atomic mass is 16.5. The molecule has 0 aliphatic carbocycles. The standard InChI is InChI=1S/C12H16N2O3/c15-12(16)11-6-10(3-4-13-11)14-7-9-2-1-5-17-8-9/h3-4,6,9H,1-2,5,7-8H2,(H,13,14)(H,15,16). The van der Waals surface area contributed by atoms with E-state index in [9.17, 15) is 4.79 Å². The Balaban J connectivity index is 1.89. The van der Waals surface area contributed by atoms with Crippen LogP contribution in [0.5, 0.6) is 0 Å². The summed E-state index contributed by atoms with van der Waals surface area (Å²) in [6.45, 7) is 2.45. The molecule has 1 unspecified atom stereocenters. The van der Waals surface area contributed by atoms with Crippen molar-refractivity contribution in [3.05, 3.63) is 24.0 Å². The maximum Gasteiger partial charge on any atom is 0.354 e. The van der Waals surface area contributed by atoms with Crippen LogP contribution in [0.2, 0.25) is 0 Å². The minimum atomic E-state index is -1.00. The lowest BCUT2D eigenvalue weighted by molar-refractivity contribution is 0.0595. The second-order valence-corrected chi connectivity index (χ2v) is 4.20. The van der Waals surface area contributed by atoms with Crippen LogP contribution in [-0.2, 0) is 4.74 Å². The normalized spacial score (nSPS) is 19.9. The van der Waals surface area contributed by atoms with Crippen LogP contribution < -0.4 is 5.32 Å². The van der Waals surface area contributed by atoms with Crippen molar-refractivity contribution >= 4 is 11.7 Å². The minimum Gasteiger partial charge on any atom is -0.477 e. The highest BCUT2D eigenvalue weighted by Gasteiger charge is 2.13. The first-order valence-electron chi connectivity index (χ1n) is 5.76. The van der Waals surface area contributed by atoms with Gasteiger partial charge in [-0.1, -0.05) is 0 Å². The quantitative estimate of drug-likeness (QED) is 0.831. The van der Waals surface area contributed by atoms with Crippen LogP contribution >= 0.6 is 0 Å². The molecule has 0 radical (unpaired) electrons. The Morgan fingerprint density at radius 2 is 2.53 bits per heavy atom. The summed E-state index contributed by atoms with van der Waals surface area (Å²) in [6, 6.07) is 3.32. The topological polar surface area (TPSA) is 71.5 Å². The molecule has 17 heavy (non-hydrogen) atoms. The third kappa shape index (κ3) is 3.42. The number of aromatic nitrogens is 1. The van der Waals surface area contributed by atoms with Gasteiger partial charge in [0.2, 0.25) is 0 Å². The first-order chi connectivity index (χ1) is 8.25. The van der Waals surface area contributed by atoms with Gasteiger partial charge in [-0.25, -0.2) is 9.78 Å². The molecule has 0 spiro atoms. The molecule has 5 heteroatoms. The van der Waals surface area contributed by atoms with Gasteiger partial charge < -0.3 is 15.2 Å². The van der Waals surface area contributed by atoms with Crippen molar-refractivity contribution in [2.45, 2.75) is 12.8 Å². The summed E-state index contributed by atoms with van der Waals surface area (Å²) in [7, 11) is 0. The predicted octanol–water partition coefficient (Wildman–Crippen LogP) is 1.62. The average Bonchev–Trinajstić information content (AvgIpc) is 2.38. The molecule has 0 bridgehead atoms. The van der Waals surface area contributed by atoms with Gasteiger partial charge >= 0.3 is 5.97 Å². The van der Waals surface area contributed by atoms with Gasteiger partial charge in [-0.15, -0.1) is 0 Å². The van der Waals surface area contributed by atoms with Gasteiger partial charge in [0.25, 0.3) is 0 Å². The first-order valence-corrected chi connectivity index (χ1v) is 5.76. The van der Waals surface area contributed by atoms with Crippen LogP contribution in [0.15, 0.2) is 18.3 Å². The lowest BCUT2D eigenvalue weighted by Gasteiger charge is -2.22. The number of hydrogen-bond acceptors (Lipinski definition) is 4. The van der Waals surface area contributed by atoms with E-state index >= 15 is 0 Å². The maximum absolute atomic E-state index is 10.7. The van der Waals surface area contributed by atoms with Crippen molar-refractivity contribution < 1.29 is 14.6 Å². The van der Waals surface area contributed by atoms with Crippen LogP contribution in [0.1, 0.15) is 23.3 Å². The molecule has 1 saturated heterocycles. The Morgan fingerprint density at radius 1 is 1.65 bits per heavy atom. The number of aromatic carboxylic acids is 1. The van der Waals surface area contributed by atoms with Gasteiger partial charge in [0.05, 0.1) is 6.61 Å². The second-order valence-electron chi connectivity index (χ2n) is 4.20. The number of nitrogens with one attached hydrogen (secondary N) is 1. The SMILES string of the molecule is O=C(O)c1cc(NCC2CCCOC2)ccn1. The molecule has 1 atom stereocenters. The largest absolute Gasteiger partial charge is 0.477 e. The molecule has 92 valence electrons. The van der Waals surface area contributed by atoms with Crippen molar-refractivity contribution in [2.24, 2.45) is 5.92 Å². The number of nitrogens with zero attached hydrogens (tertiary/aromatic N) is 1. The number of pyridine rings is 1. The van der Waals surface area contributed by atoms with E-state index < -0.39 is 5.97 Å². The fraction of sp³-hybridized carbons (Fsp3) is 0.500. The van der Waals surface area contributed by atoms with E-state index in [-0.39, 0.29) is 5.69 Å². The maximum atomic E-state index is 10.7. The number of carboxylic acid groups (broad SMARTS) is 1. The van der Waals surface area contributed by atoms with Crippen LogP contribution in [0.25, 0.3) is 0 Å². The summed E-state index contributed by atoms with van der Waals surface area (Å²) in [5, 5.41) is 12.0. The lowest BCUT2D eigenvalue weighted by atomic mass is 10.0. The van der Waals surface area contributed by atoms with E-state index in [1.165, 1.54) is 6.20 Å². The molecular formula is C12H16N2O3. The van der Waals surface area contributed by atoms with E-state index in [0.717, 1.165) is 38.3 Å². The summed E-state index contributed by atoms with van der Waals surface area (Å²) in [5.74, 6) is -0.500. The van der Waals surface area contributed by atoms with Crippen molar-refractivity contribution in [1.29, 1.82) is 0 Å². The Kier molecular flexibility index (Phi) is 3.93. The Morgan fingerprint density at radius 3 is 3.24 bits per heavy atom. The number of carboxylic acids is 1. The highest BCUT2D eigenvalue weighted by molar-refractivity contribution is 5.86. The molecule has 0 aromatic carbocycles. The zero-order valence-corrected chi connectivity index (χ0v) is 9.56. The zero-order valence-electron chi connectivity index (χ0n) is 9.56. The molecule has 2 heterocycles. The van der Waals surface area contributed by atoms with Gasteiger partial charge in [-0.3, -0.25) is 0 Å².